The average molecular weight is 218 g/mol. The Labute approximate surface area is 91.4 Å². The van der Waals surface area contributed by atoms with Crippen LogP contribution >= 0.6 is 0 Å². The van der Waals surface area contributed by atoms with E-state index in [-0.39, 0.29) is 0 Å². The molecule has 0 amide bonds. The number of carbonyl (C=O) groups is 1. The fourth-order valence-electron chi connectivity index (χ4n) is 1.46. The molecule has 0 N–H and O–H groups in total. The molecule has 0 aliphatic rings. The predicted molar refractivity (Wildman–Crippen MR) is 58.6 cm³/mol. The molecule has 16 heavy (non-hydrogen) atoms. The van der Waals surface area contributed by atoms with Crippen LogP contribution < -0.4 is 5.63 Å². The number of fused-ring (bicyclic) bond motifs is 1. The third kappa shape index (κ3) is 1.69. The second-order valence-corrected chi connectivity index (χ2v) is 3.46. The average Bonchev–Trinajstić information content (AvgIpc) is 2.29. The summed E-state index contributed by atoms with van der Waals surface area (Å²) in [5.74, 6) is -0.454. The van der Waals surface area contributed by atoms with Crippen LogP contribution in [-0.2, 0) is 4.74 Å². The zero-order valence-electron chi connectivity index (χ0n) is 8.94. The van der Waals surface area contributed by atoms with E-state index in [1.54, 1.807) is 25.1 Å². The second-order valence-electron chi connectivity index (χ2n) is 3.46. The molecule has 1 aromatic heterocycles. The Balaban J connectivity index is 2.67. The number of ether oxygens (including phenoxy) is 1. The summed E-state index contributed by atoms with van der Waals surface area (Å²) < 4.78 is 9.64. The molecule has 0 fully saturated rings. The highest BCUT2D eigenvalue weighted by molar-refractivity contribution is 5.93. The first-order valence-electron chi connectivity index (χ1n) is 4.74. The summed E-state index contributed by atoms with van der Waals surface area (Å²) in [6, 6.07) is 6.58. The van der Waals surface area contributed by atoms with Crippen LogP contribution in [-0.4, -0.2) is 13.1 Å². The summed E-state index contributed by atoms with van der Waals surface area (Å²) in [5.41, 5.74) is 0.897. The molecule has 0 atom stereocenters. The first-order valence-corrected chi connectivity index (χ1v) is 4.74. The zero-order valence-corrected chi connectivity index (χ0v) is 8.94. The summed E-state index contributed by atoms with van der Waals surface area (Å²) in [7, 11) is 1.30. The lowest BCUT2D eigenvalue weighted by Crippen LogP contribution is -2.04. The van der Waals surface area contributed by atoms with E-state index in [2.05, 4.69) is 4.74 Å². The predicted octanol–water partition coefficient (Wildman–Crippen LogP) is 1.89. The standard InChI is InChI=1S/C12H10O4/c1-7-5-8-3-4-9(12(14)15-2)6-10(8)16-11(7)13/h3-6H,1-2H3. The fourth-order valence-corrected chi connectivity index (χ4v) is 1.46. The monoisotopic (exact) mass is 218 g/mol. The molecule has 0 aliphatic heterocycles. The van der Waals surface area contributed by atoms with Crippen molar-refractivity contribution in [2.24, 2.45) is 0 Å². The van der Waals surface area contributed by atoms with Gasteiger partial charge in [0.1, 0.15) is 5.58 Å². The molecule has 0 unspecified atom stereocenters. The van der Waals surface area contributed by atoms with Gasteiger partial charge in [0.05, 0.1) is 12.7 Å². The third-order valence-corrected chi connectivity index (χ3v) is 2.33. The van der Waals surface area contributed by atoms with Crippen LogP contribution in [0.5, 0.6) is 0 Å². The number of hydrogen-bond acceptors (Lipinski definition) is 4. The van der Waals surface area contributed by atoms with Crippen LogP contribution in [0.3, 0.4) is 0 Å². The second kappa shape index (κ2) is 3.81. The number of methoxy groups -OCH3 is 1. The van der Waals surface area contributed by atoms with E-state index in [9.17, 15) is 9.59 Å². The van der Waals surface area contributed by atoms with Crippen LogP contribution in [0.1, 0.15) is 15.9 Å². The van der Waals surface area contributed by atoms with E-state index in [1.807, 2.05) is 0 Å². The van der Waals surface area contributed by atoms with Gasteiger partial charge in [0.25, 0.3) is 0 Å². The van der Waals surface area contributed by atoms with Gasteiger partial charge in [-0.25, -0.2) is 9.59 Å². The van der Waals surface area contributed by atoms with Crippen molar-refractivity contribution >= 4 is 16.9 Å². The minimum absolute atomic E-state index is 0.363. The van der Waals surface area contributed by atoms with Crippen molar-refractivity contribution in [2.45, 2.75) is 6.92 Å². The van der Waals surface area contributed by atoms with Gasteiger partial charge in [-0.15, -0.1) is 0 Å². The Bertz CT molecular complexity index is 610. The van der Waals surface area contributed by atoms with Crippen LogP contribution in [0.4, 0.5) is 0 Å². The van der Waals surface area contributed by atoms with Crippen molar-refractivity contribution in [3.05, 3.63) is 45.8 Å². The van der Waals surface area contributed by atoms with Crippen molar-refractivity contribution in [2.75, 3.05) is 7.11 Å². The molecule has 1 heterocycles. The molecular formula is C12H10O4. The molecule has 0 saturated carbocycles. The summed E-state index contributed by atoms with van der Waals surface area (Å²) >= 11 is 0. The largest absolute Gasteiger partial charge is 0.465 e. The maximum Gasteiger partial charge on any atom is 0.339 e. The normalized spacial score (nSPS) is 10.4. The molecule has 0 radical (unpaired) electrons. The highest BCUT2D eigenvalue weighted by Gasteiger charge is 2.08. The number of aryl methyl sites for hydroxylation is 1. The van der Waals surface area contributed by atoms with Crippen molar-refractivity contribution < 1.29 is 13.9 Å². The van der Waals surface area contributed by atoms with Gasteiger partial charge < -0.3 is 9.15 Å². The SMILES string of the molecule is COC(=O)c1ccc2cc(C)c(=O)oc2c1. The van der Waals surface area contributed by atoms with E-state index < -0.39 is 11.6 Å². The quantitative estimate of drug-likeness (QED) is 0.541. The van der Waals surface area contributed by atoms with Gasteiger partial charge in [0, 0.05) is 10.9 Å². The van der Waals surface area contributed by atoms with Crippen LogP contribution in [0.2, 0.25) is 0 Å². The molecular weight excluding hydrogens is 208 g/mol. The summed E-state index contributed by atoms with van der Waals surface area (Å²) in [4.78, 5) is 22.6. The van der Waals surface area contributed by atoms with Crippen LogP contribution in [0, 0.1) is 6.92 Å². The Morgan fingerprint density at radius 3 is 2.75 bits per heavy atom. The summed E-state index contributed by atoms with van der Waals surface area (Å²) in [5, 5.41) is 0.782. The smallest absolute Gasteiger partial charge is 0.339 e. The van der Waals surface area contributed by atoms with Crippen LogP contribution in [0.25, 0.3) is 11.0 Å². The Morgan fingerprint density at radius 2 is 2.06 bits per heavy atom. The molecule has 0 saturated heterocycles. The minimum atomic E-state index is -0.454. The van der Waals surface area contributed by atoms with Gasteiger partial charge in [-0.05, 0) is 25.1 Å². The van der Waals surface area contributed by atoms with E-state index in [4.69, 9.17) is 4.42 Å². The van der Waals surface area contributed by atoms with Gasteiger partial charge in [-0.3, -0.25) is 0 Å². The molecule has 4 heteroatoms. The Kier molecular flexibility index (Phi) is 2.48. The lowest BCUT2D eigenvalue weighted by atomic mass is 10.1. The number of hydrogen-bond donors (Lipinski definition) is 0. The molecule has 0 spiro atoms. The van der Waals surface area contributed by atoms with E-state index in [0.29, 0.717) is 16.7 Å². The first-order chi connectivity index (χ1) is 7.61. The van der Waals surface area contributed by atoms with Crippen molar-refractivity contribution in [3.63, 3.8) is 0 Å². The summed E-state index contributed by atoms with van der Waals surface area (Å²) in [6.07, 6.45) is 0. The van der Waals surface area contributed by atoms with Gasteiger partial charge in [0.15, 0.2) is 0 Å². The van der Waals surface area contributed by atoms with Gasteiger partial charge in [-0.2, -0.15) is 0 Å². The highest BCUT2D eigenvalue weighted by Crippen LogP contribution is 2.15. The third-order valence-electron chi connectivity index (χ3n) is 2.33. The molecule has 0 bridgehead atoms. The minimum Gasteiger partial charge on any atom is -0.465 e. The van der Waals surface area contributed by atoms with Crippen molar-refractivity contribution in [1.82, 2.24) is 0 Å². The maximum atomic E-state index is 11.3. The van der Waals surface area contributed by atoms with Gasteiger partial charge in [-0.1, -0.05) is 6.07 Å². The van der Waals surface area contributed by atoms with E-state index in [1.165, 1.54) is 13.2 Å². The molecule has 1 aromatic carbocycles. The lowest BCUT2D eigenvalue weighted by molar-refractivity contribution is 0.0601. The number of benzene rings is 1. The zero-order chi connectivity index (χ0) is 11.7. The molecule has 2 aromatic rings. The van der Waals surface area contributed by atoms with E-state index >= 15 is 0 Å². The van der Waals surface area contributed by atoms with Crippen molar-refractivity contribution in [3.8, 4) is 0 Å². The Morgan fingerprint density at radius 1 is 1.31 bits per heavy atom. The molecule has 0 aliphatic carbocycles. The Hall–Kier alpha value is -2.10. The highest BCUT2D eigenvalue weighted by atomic mass is 16.5. The molecule has 4 nitrogen and oxygen atoms in total. The van der Waals surface area contributed by atoms with Gasteiger partial charge >= 0.3 is 11.6 Å². The first kappa shape index (κ1) is 10.4. The van der Waals surface area contributed by atoms with Crippen LogP contribution in [0.15, 0.2) is 33.5 Å². The van der Waals surface area contributed by atoms with Gasteiger partial charge in [0.2, 0.25) is 0 Å². The van der Waals surface area contributed by atoms with E-state index in [0.717, 1.165) is 5.39 Å². The number of carbonyl (C=O) groups excluding carboxylic acids is 1. The van der Waals surface area contributed by atoms with Crippen molar-refractivity contribution in [1.29, 1.82) is 0 Å². The fraction of sp³-hybridized carbons (Fsp3) is 0.167. The molecule has 2 rings (SSSR count). The molecule has 82 valence electrons. The number of esters is 1. The maximum absolute atomic E-state index is 11.3. The summed E-state index contributed by atoms with van der Waals surface area (Å²) in [6.45, 7) is 1.68. The lowest BCUT2D eigenvalue weighted by Gasteiger charge is -2.01. The number of rotatable bonds is 1. The topological polar surface area (TPSA) is 56.5 Å².